The molecule has 122 valence electrons. The Labute approximate surface area is 138 Å². The van der Waals surface area contributed by atoms with E-state index >= 15 is 0 Å². The maximum Gasteiger partial charge on any atom is 0.274 e. The molecule has 0 unspecified atom stereocenters. The Morgan fingerprint density at radius 1 is 1.12 bits per heavy atom. The van der Waals surface area contributed by atoms with Crippen LogP contribution in [0.4, 0.5) is 11.4 Å². The molecule has 3 aromatic rings. The van der Waals surface area contributed by atoms with Crippen LogP contribution in [-0.2, 0) is 10.0 Å². The van der Waals surface area contributed by atoms with E-state index in [1.165, 1.54) is 37.4 Å². The molecule has 0 radical (unpaired) electrons. The number of nitro benzene ring substituents is 1. The zero-order chi connectivity index (χ0) is 17.3. The number of sulfonamides is 1. The first kappa shape index (κ1) is 15.9. The van der Waals surface area contributed by atoms with Crippen molar-refractivity contribution < 1.29 is 13.3 Å². The van der Waals surface area contributed by atoms with Gasteiger partial charge in [-0.2, -0.15) is 0 Å². The molecule has 8 heteroatoms. The van der Waals surface area contributed by atoms with Crippen molar-refractivity contribution in [2.75, 3.05) is 4.72 Å². The largest absolute Gasteiger partial charge is 0.279 e. The van der Waals surface area contributed by atoms with Crippen LogP contribution in [0, 0.1) is 17.0 Å². The second-order valence-corrected chi connectivity index (χ2v) is 6.82. The molecule has 0 aliphatic carbocycles. The normalized spacial score (nSPS) is 11.4. The summed E-state index contributed by atoms with van der Waals surface area (Å²) in [5, 5.41) is 12.2. The SMILES string of the molecule is Cc1c(NS(=O)(=O)c2cccc3cnccc23)cccc1[N+](=O)[O-]. The third-order valence-electron chi connectivity index (χ3n) is 3.68. The number of nitrogens with zero attached hydrogens (tertiary/aromatic N) is 2. The van der Waals surface area contributed by atoms with Gasteiger partial charge in [0.15, 0.2) is 0 Å². The number of rotatable bonds is 4. The molecule has 2 aromatic carbocycles. The first-order valence-corrected chi connectivity index (χ1v) is 8.48. The second kappa shape index (κ2) is 5.89. The second-order valence-electron chi connectivity index (χ2n) is 5.17. The lowest BCUT2D eigenvalue weighted by Gasteiger charge is -2.12. The smallest absolute Gasteiger partial charge is 0.274 e. The van der Waals surface area contributed by atoms with Crippen molar-refractivity contribution in [1.82, 2.24) is 4.98 Å². The van der Waals surface area contributed by atoms with Gasteiger partial charge < -0.3 is 0 Å². The van der Waals surface area contributed by atoms with Crippen molar-refractivity contribution in [3.05, 3.63) is 70.5 Å². The lowest BCUT2D eigenvalue weighted by molar-refractivity contribution is -0.385. The number of nitro groups is 1. The lowest BCUT2D eigenvalue weighted by atomic mass is 10.2. The van der Waals surface area contributed by atoms with Gasteiger partial charge in [0.25, 0.3) is 15.7 Å². The van der Waals surface area contributed by atoms with Gasteiger partial charge in [-0.3, -0.25) is 19.8 Å². The number of pyridine rings is 1. The zero-order valence-electron chi connectivity index (χ0n) is 12.6. The van der Waals surface area contributed by atoms with Crippen LogP contribution in [0.1, 0.15) is 5.56 Å². The van der Waals surface area contributed by atoms with Crippen molar-refractivity contribution in [2.24, 2.45) is 0 Å². The van der Waals surface area contributed by atoms with Crippen LogP contribution in [0.15, 0.2) is 59.8 Å². The standard InChI is InChI=1S/C16H13N3O4S/c1-11-14(5-3-6-15(11)19(20)21)18-24(22,23)16-7-2-4-12-10-17-9-8-13(12)16/h2-10,18H,1H3. The molecule has 0 amide bonds. The molecule has 24 heavy (non-hydrogen) atoms. The minimum Gasteiger partial charge on any atom is -0.279 e. The molecule has 1 N–H and O–H groups in total. The number of nitrogens with one attached hydrogen (secondary N) is 1. The van der Waals surface area contributed by atoms with Crippen LogP contribution in [-0.4, -0.2) is 18.3 Å². The molecule has 1 aromatic heterocycles. The third-order valence-corrected chi connectivity index (χ3v) is 5.10. The molecule has 0 bridgehead atoms. The van der Waals surface area contributed by atoms with Gasteiger partial charge in [-0.25, -0.2) is 8.42 Å². The number of aromatic nitrogens is 1. The van der Waals surface area contributed by atoms with E-state index in [-0.39, 0.29) is 21.8 Å². The lowest BCUT2D eigenvalue weighted by Crippen LogP contribution is -2.14. The van der Waals surface area contributed by atoms with Crippen LogP contribution in [0.2, 0.25) is 0 Å². The number of hydrogen-bond donors (Lipinski definition) is 1. The van der Waals surface area contributed by atoms with Gasteiger partial charge in [-0.15, -0.1) is 0 Å². The summed E-state index contributed by atoms with van der Waals surface area (Å²) >= 11 is 0. The summed E-state index contributed by atoms with van der Waals surface area (Å²) in [6, 6.07) is 10.7. The molecule has 0 saturated heterocycles. The van der Waals surface area contributed by atoms with Crippen molar-refractivity contribution >= 4 is 32.2 Å². The third kappa shape index (κ3) is 2.79. The van der Waals surface area contributed by atoms with Gasteiger partial charge in [0.1, 0.15) is 0 Å². The summed E-state index contributed by atoms with van der Waals surface area (Å²) in [7, 11) is -3.91. The predicted octanol–water partition coefficient (Wildman–Crippen LogP) is 3.25. The molecule has 0 aliphatic rings. The average Bonchev–Trinajstić information content (AvgIpc) is 2.55. The fourth-order valence-electron chi connectivity index (χ4n) is 2.46. The van der Waals surface area contributed by atoms with Crippen LogP contribution in [0.3, 0.4) is 0 Å². The Hall–Kier alpha value is -3.00. The zero-order valence-corrected chi connectivity index (χ0v) is 13.4. The van der Waals surface area contributed by atoms with E-state index in [9.17, 15) is 18.5 Å². The van der Waals surface area contributed by atoms with Gasteiger partial charge in [0.05, 0.1) is 21.1 Å². The van der Waals surface area contributed by atoms with E-state index in [0.717, 1.165) is 0 Å². The molecule has 0 atom stereocenters. The first-order valence-electron chi connectivity index (χ1n) is 7.00. The van der Waals surface area contributed by atoms with E-state index in [2.05, 4.69) is 9.71 Å². The highest BCUT2D eigenvalue weighted by molar-refractivity contribution is 7.93. The Bertz CT molecular complexity index is 1040. The maximum absolute atomic E-state index is 12.7. The molecule has 1 heterocycles. The van der Waals surface area contributed by atoms with Gasteiger partial charge in [-0.05, 0) is 25.1 Å². The topological polar surface area (TPSA) is 102 Å². The van der Waals surface area contributed by atoms with Crippen molar-refractivity contribution in [3.63, 3.8) is 0 Å². The Balaban J connectivity index is 2.10. The molecule has 0 aliphatic heterocycles. The van der Waals surface area contributed by atoms with Gasteiger partial charge in [0, 0.05) is 29.2 Å². The van der Waals surface area contributed by atoms with Crippen molar-refractivity contribution in [2.45, 2.75) is 11.8 Å². The molecule has 0 fully saturated rings. The summed E-state index contributed by atoms with van der Waals surface area (Å²) in [6.45, 7) is 1.50. The highest BCUT2D eigenvalue weighted by Crippen LogP contribution is 2.29. The van der Waals surface area contributed by atoms with Gasteiger partial charge in [-0.1, -0.05) is 18.2 Å². The molecule has 7 nitrogen and oxygen atoms in total. The summed E-state index contributed by atoms with van der Waals surface area (Å²) < 4.78 is 27.9. The number of hydrogen-bond acceptors (Lipinski definition) is 5. The predicted molar refractivity (Wildman–Crippen MR) is 90.4 cm³/mol. The molecular weight excluding hydrogens is 330 g/mol. The van der Waals surface area contributed by atoms with E-state index in [4.69, 9.17) is 0 Å². The number of anilines is 1. The molecule has 0 saturated carbocycles. The van der Waals surface area contributed by atoms with Crippen molar-refractivity contribution in [1.29, 1.82) is 0 Å². The van der Waals surface area contributed by atoms with Gasteiger partial charge >= 0.3 is 0 Å². The Kier molecular flexibility index (Phi) is 3.90. The van der Waals surface area contributed by atoms with E-state index in [1.807, 2.05) is 0 Å². The van der Waals surface area contributed by atoms with Crippen molar-refractivity contribution in [3.8, 4) is 0 Å². The highest BCUT2D eigenvalue weighted by Gasteiger charge is 2.21. The molecule has 3 rings (SSSR count). The van der Waals surface area contributed by atoms with E-state index < -0.39 is 14.9 Å². The fourth-order valence-corrected chi connectivity index (χ4v) is 3.81. The average molecular weight is 343 g/mol. The first-order chi connectivity index (χ1) is 11.4. The summed E-state index contributed by atoms with van der Waals surface area (Å²) in [4.78, 5) is 14.5. The van der Waals surface area contributed by atoms with E-state index in [1.54, 1.807) is 24.4 Å². The van der Waals surface area contributed by atoms with Crippen LogP contribution in [0.25, 0.3) is 10.8 Å². The Morgan fingerprint density at radius 3 is 2.62 bits per heavy atom. The van der Waals surface area contributed by atoms with Crippen LogP contribution >= 0.6 is 0 Å². The number of fused-ring (bicyclic) bond motifs is 1. The maximum atomic E-state index is 12.7. The quantitative estimate of drug-likeness (QED) is 0.578. The highest BCUT2D eigenvalue weighted by atomic mass is 32.2. The number of benzene rings is 2. The van der Waals surface area contributed by atoms with Gasteiger partial charge in [0.2, 0.25) is 0 Å². The minimum absolute atomic E-state index is 0.0910. The fraction of sp³-hybridized carbons (Fsp3) is 0.0625. The Morgan fingerprint density at radius 2 is 1.88 bits per heavy atom. The van der Waals surface area contributed by atoms with Crippen LogP contribution in [0.5, 0.6) is 0 Å². The summed E-state index contributed by atoms with van der Waals surface area (Å²) in [6.07, 6.45) is 3.09. The molecule has 0 spiro atoms. The van der Waals surface area contributed by atoms with E-state index in [0.29, 0.717) is 10.8 Å². The summed E-state index contributed by atoms with van der Waals surface area (Å²) in [5.41, 5.74) is 0.292. The monoisotopic (exact) mass is 343 g/mol. The molecular formula is C16H13N3O4S. The summed E-state index contributed by atoms with van der Waals surface area (Å²) in [5.74, 6) is 0. The minimum atomic E-state index is -3.91. The van der Waals surface area contributed by atoms with Crippen LogP contribution < -0.4 is 4.72 Å².